The molecule has 0 saturated heterocycles. The van der Waals surface area contributed by atoms with Gasteiger partial charge in [0.05, 0.1) is 0 Å². The van der Waals surface area contributed by atoms with Crippen molar-refractivity contribution in [1.82, 2.24) is 9.55 Å². The molecule has 0 radical (unpaired) electrons. The third kappa shape index (κ3) is 2.72. The number of amides is 1. The molecular formula is C13H12BrN3O3. The highest BCUT2D eigenvalue weighted by Crippen LogP contribution is 2.20. The number of aryl methyl sites for hydroxylation is 1. The van der Waals surface area contributed by atoms with E-state index in [0.717, 1.165) is 20.8 Å². The van der Waals surface area contributed by atoms with Crippen molar-refractivity contribution in [2.24, 2.45) is 7.05 Å². The molecule has 0 saturated carbocycles. The largest absolute Gasteiger partial charge is 0.328 e. The van der Waals surface area contributed by atoms with E-state index in [4.69, 9.17) is 0 Å². The molecule has 0 spiro atoms. The van der Waals surface area contributed by atoms with Gasteiger partial charge in [0.1, 0.15) is 5.56 Å². The highest BCUT2D eigenvalue weighted by atomic mass is 79.9. The number of rotatable bonds is 2. The molecule has 0 bridgehead atoms. The van der Waals surface area contributed by atoms with Crippen molar-refractivity contribution >= 4 is 27.5 Å². The van der Waals surface area contributed by atoms with E-state index in [1.54, 1.807) is 12.1 Å². The van der Waals surface area contributed by atoms with Gasteiger partial charge in [0, 0.05) is 23.4 Å². The highest BCUT2D eigenvalue weighted by Gasteiger charge is 2.14. The molecule has 7 heteroatoms. The zero-order valence-electron chi connectivity index (χ0n) is 10.9. The summed E-state index contributed by atoms with van der Waals surface area (Å²) < 4.78 is 1.75. The van der Waals surface area contributed by atoms with Crippen LogP contribution in [-0.2, 0) is 7.05 Å². The predicted molar refractivity (Wildman–Crippen MR) is 79.1 cm³/mol. The van der Waals surface area contributed by atoms with Crippen molar-refractivity contribution in [3.8, 4) is 0 Å². The highest BCUT2D eigenvalue weighted by molar-refractivity contribution is 9.10. The van der Waals surface area contributed by atoms with Crippen LogP contribution in [0.3, 0.4) is 0 Å². The van der Waals surface area contributed by atoms with Gasteiger partial charge in [-0.2, -0.15) is 0 Å². The fourth-order valence-electron chi connectivity index (χ4n) is 1.69. The summed E-state index contributed by atoms with van der Waals surface area (Å²) in [4.78, 5) is 37.5. The number of hydrogen-bond acceptors (Lipinski definition) is 3. The molecule has 0 unspecified atom stereocenters. The number of carbonyl (C=O) groups excluding carboxylic acids is 1. The molecule has 2 N–H and O–H groups in total. The van der Waals surface area contributed by atoms with Crippen LogP contribution in [0.15, 0.2) is 38.5 Å². The topological polar surface area (TPSA) is 84.0 Å². The summed E-state index contributed by atoms with van der Waals surface area (Å²) in [7, 11) is 1.31. The molecule has 1 aromatic heterocycles. The van der Waals surface area contributed by atoms with E-state index >= 15 is 0 Å². The average Bonchev–Trinajstić information content (AvgIpc) is 2.39. The van der Waals surface area contributed by atoms with Gasteiger partial charge < -0.3 is 10.3 Å². The summed E-state index contributed by atoms with van der Waals surface area (Å²) in [6.45, 7) is 1.84. The normalized spacial score (nSPS) is 10.3. The summed E-state index contributed by atoms with van der Waals surface area (Å²) in [6.07, 6.45) is 1.12. The maximum absolute atomic E-state index is 12.1. The number of nitrogens with zero attached hydrogens (tertiary/aromatic N) is 1. The summed E-state index contributed by atoms with van der Waals surface area (Å²) in [5.74, 6) is -0.563. The Kier molecular flexibility index (Phi) is 3.89. The molecule has 0 aliphatic carbocycles. The Morgan fingerprint density at radius 3 is 2.70 bits per heavy atom. The molecule has 0 aliphatic heterocycles. The number of aromatic nitrogens is 2. The molecule has 1 aromatic carbocycles. The van der Waals surface area contributed by atoms with Crippen molar-refractivity contribution in [2.45, 2.75) is 6.92 Å². The maximum Gasteiger partial charge on any atom is 0.328 e. The molecule has 1 amide bonds. The van der Waals surface area contributed by atoms with E-state index in [1.165, 1.54) is 7.05 Å². The average molecular weight is 338 g/mol. The van der Waals surface area contributed by atoms with E-state index in [9.17, 15) is 14.4 Å². The fraction of sp³-hybridized carbons (Fsp3) is 0.154. The molecular weight excluding hydrogens is 326 g/mol. The van der Waals surface area contributed by atoms with Gasteiger partial charge in [0.15, 0.2) is 0 Å². The fourth-order valence-corrected chi connectivity index (χ4v) is 2.16. The summed E-state index contributed by atoms with van der Waals surface area (Å²) in [5.41, 5.74) is 0.141. The van der Waals surface area contributed by atoms with Crippen LogP contribution in [-0.4, -0.2) is 15.5 Å². The Hall–Kier alpha value is -2.15. The Morgan fingerprint density at radius 1 is 1.35 bits per heavy atom. The molecule has 2 rings (SSSR count). The summed E-state index contributed by atoms with van der Waals surface area (Å²) in [6, 6.07) is 5.36. The number of anilines is 1. The van der Waals surface area contributed by atoms with Crippen molar-refractivity contribution < 1.29 is 4.79 Å². The number of nitrogens with one attached hydrogen (secondary N) is 2. The standard InChI is InChI=1S/C13H12BrN3O3/c1-7-5-8(14)3-4-10(7)16-11(18)9-6-15-13(20)17(2)12(9)19/h3-6H,1-2H3,(H,15,20)(H,16,18). The second-order valence-corrected chi connectivity index (χ2v) is 5.20. The Labute approximate surface area is 122 Å². The minimum Gasteiger partial charge on any atom is -0.322 e. The Morgan fingerprint density at radius 2 is 2.05 bits per heavy atom. The van der Waals surface area contributed by atoms with E-state index < -0.39 is 17.2 Å². The molecule has 104 valence electrons. The lowest BCUT2D eigenvalue weighted by Crippen LogP contribution is -2.37. The monoisotopic (exact) mass is 337 g/mol. The molecule has 0 atom stereocenters. The number of H-pyrrole nitrogens is 1. The van der Waals surface area contributed by atoms with Gasteiger partial charge in [0.2, 0.25) is 0 Å². The van der Waals surface area contributed by atoms with Crippen molar-refractivity contribution in [2.75, 3.05) is 5.32 Å². The first-order valence-corrected chi connectivity index (χ1v) is 6.55. The molecule has 20 heavy (non-hydrogen) atoms. The lowest BCUT2D eigenvalue weighted by molar-refractivity contribution is 0.102. The maximum atomic E-state index is 12.1. The van der Waals surface area contributed by atoms with Crippen LogP contribution in [0.2, 0.25) is 0 Å². The van der Waals surface area contributed by atoms with Gasteiger partial charge in [-0.15, -0.1) is 0 Å². The minimum absolute atomic E-state index is 0.116. The van der Waals surface area contributed by atoms with Crippen molar-refractivity contribution in [3.63, 3.8) is 0 Å². The van der Waals surface area contributed by atoms with E-state index in [1.807, 2.05) is 13.0 Å². The van der Waals surface area contributed by atoms with E-state index in [0.29, 0.717) is 5.69 Å². The number of aromatic amines is 1. The number of hydrogen-bond donors (Lipinski definition) is 2. The molecule has 1 heterocycles. The summed E-state index contributed by atoms with van der Waals surface area (Å²) in [5, 5.41) is 2.65. The number of carbonyl (C=O) groups is 1. The van der Waals surface area contributed by atoms with Gasteiger partial charge in [-0.3, -0.25) is 14.2 Å². The van der Waals surface area contributed by atoms with Gasteiger partial charge in [0.25, 0.3) is 11.5 Å². The van der Waals surface area contributed by atoms with Gasteiger partial charge in [-0.1, -0.05) is 15.9 Å². The smallest absolute Gasteiger partial charge is 0.322 e. The number of benzene rings is 1. The third-order valence-electron chi connectivity index (χ3n) is 2.86. The SMILES string of the molecule is Cc1cc(Br)ccc1NC(=O)c1c[nH]c(=O)n(C)c1=O. The van der Waals surface area contributed by atoms with Crippen LogP contribution in [0.4, 0.5) is 5.69 Å². The van der Waals surface area contributed by atoms with Crippen LogP contribution < -0.4 is 16.6 Å². The molecule has 2 aromatic rings. The minimum atomic E-state index is -0.638. The second kappa shape index (κ2) is 5.46. The van der Waals surface area contributed by atoms with Crippen LogP contribution in [0.25, 0.3) is 0 Å². The van der Waals surface area contributed by atoms with E-state index in [-0.39, 0.29) is 5.56 Å². The van der Waals surface area contributed by atoms with Crippen LogP contribution in [0.1, 0.15) is 15.9 Å². The van der Waals surface area contributed by atoms with Crippen LogP contribution >= 0.6 is 15.9 Å². The van der Waals surface area contributed by atoms with Gasteiger partial charge in [-0.05, 0) is 30.7 Å². The van der Waals surface area contributed by atoms with Crippen molar-refractivity contribution in [3.05, 3.63) is 60.8 Å². The third-order valence-corrected chi connectivity index (χ3v) is 3.35. The first kappa shape index (κ1) is 14.3. The van der Waals surface area contributed by atoms with Crippen molar-refractivity contribution in [1.29, 1.82) is 0 Å². The molecule has 0 aliphatic rings. The predicted octanol–water partition coefficient (Wildman–Crippen LogP) is 1.40. The Balaban J connectivity index is 2.36. The first-order valence-electron chi connectivity index (χ1n) is 5.76. The van der Waals surface area contributed by atoms with E-state index in [2.05, 4.69) is 26.2 Å². The lowest BCUT2D eigenvalue weighted by Gasteiger charge is -2.08. The van der Waals surface area contributed by atoms with Crippen LogP contribution in [0, 0.1) is 6.92 Å². The van der Waals surface area contributed by atoms with Gasteiger partial charge >= 0.3 is 5.69 Å². The lowest BCUT2D eigenvalue weighted by atomic mass is 10.2. The zero-order chi connectivity index (χ0) is 14.9. The molecule has 0 fully saturated rings. The Bertz CT molecular complexity index is 792. The van der Waals surface area contributed by atoms with Crippen LogP contribution in [0.5, 0.6) is 0 Å². The second-order valence-electron chi connectivity index (χ2n) is 4.29. The van der Waals surface area contributed by atoms with Gasteiger partial charge in [-0.25, -0.2) is 4.79 Å². The number of halogens is 1. The molecule has 6 nitrogen and oxygen atoms in total. The quantitative estimate of drug-likeness (QED) is 0.868. The first-order chi connectivity index (χ1) is 9.40. The zero-order valence-corrected chi connectivity index (χ0v) is 12.4. The summed E-state index contributed by atoms with van der Waals surface area (Å²) >= 11 is 3.33.